The third-order valence-electron chi connectivity index (χ3n) is 3.08. The van der Waals surface area contributed by atoms with Crippen molar-refractivity contribution in [3.63, 3.8) is 0 Å². The van der Waals surface area contributed by atoms with Crippen LogP contribution in [0.5, 0.6) is 0 Å². The van der Waals surface area contributed by atoms with Crippen LogP contribution in [0.25, 0.3) is 0 Å². The van der Waals surface area contributed by atoms with Crippen LogP contribution in [-0.4, -0.2) is 26.9 Å². The molecule has 1 aromatic rings. The van der Waals surface area contributed by atoms with Gasteiger partial charge in [0.05, 0.1) is 5.25 Å². The van der Waals surface area contributed by atoms with Gasteiger partial charge in [0.2, 0.25) is 10.0 Å². The number of ether oxygens (including phenoxy) is 1. The zero-order chi connectivity index (χ0) is 13.9. The average Bonchev–Trinajstić information content (AvgIpc) is 2.41. The predicted octanol–water partition coefficient (Wildman–Crippen LogP) is 2.19. The van der Waals surface area contributed by atoms with Crippen molar-refractivity contribution < 1.29 is 17.5 Å². The minimum atomic E-state index is -3.42. The van der Waals surface area contributed by atoms with Crippen LogP contribution >= 0.6 is 15.9 Å². The molecule has 0 amide bonds. The SMILES string of the molecule is O=S(=O)(NCc1cc(Br)ccc1F)C1CCOCC1. The smallest absolute Gasteiger partial charge is 0.214 e. The summed E-state index contributed by atoms with van der Waals surface area (Å²) in [6.07, 6.45) is 0.965. The van der Waals surface area contributed by atoms with E-state index in [2.05, 4.69) is 20.7 Å². The van der Waals surface area contributed by atoms with E-state index >= 15 is 0 Å². The second-order valence-corrected chi connectivity index (χ2v) is 7.37. The van der Waals surface area contributed by atoms with Gasteiger partial charge in [-0.15, -0.1) is 0 Å². The summed E-state index contributed by atoms with van der Waals surface area (Å²) in [7, 11) is -3.42. The number of hydrogen-bond donors (Lipinski definition) is 1. The third-order valence-corrected chi connectivity index (χ3v) is 5.47. The molecule has 1 aliphatic heterocycles. The Morgan fingerprint density at radius 1 is 1.37 bits per heavy atom. The maximum absolute atomic E-state index is 13.5. The van der Waals surface area contributed by atoms with Crippen molar-refractivity contribution in [3.05, 3.63) is 34.1 Å². The van der Waals surface area contributed by atoms with E-state index in [9.17, 15) is 12.8 Å². The van der Waals surface area contributed by atoms with Gasteiger partial charge in [-0.25, -0.2) is 17.5 Å². The van der Waals surface area contributed by atoms with Gasteiger partial charge in [-0.3, -0.25) is 0 Å². The van der Waals surface area contributed by atoms with E-state index < -0.39 is 21.1 Å². The van der Waals surface area contributed by atoms with E-state index in [4.69, 9.17) is 4.74 Å². The molecule has 1 N–H and O–H groups in total. The highest BCUT2D eigenvalue weighted by Crippen LogP contribution is 2.18. The topological polar surface area (TPSA) is 55.4 Å². The maximum Gasteiger partial charge on any atom is 0.214 e. The molecule has 1 saturated heterocycles. The van der Waals surface area contributed by atoms with E-state index in [0.29, 0.717) is 36.1 Å². The molecule has 0 spiro atoms. The van der Waals surface area contributed by atoms with Crippen molar-refractivity contribution in [1.82, 2.24) is 4.72 Å². The molecule has 0 unspecified atom stereocenters. The molecule has 0 aromatic heterocycles. The number of hydrogen-bond acceptors (Lipinski definition) is 3. The van der Waals surface area contributed by atoms with E-state index in [1.807, 2.05) is 0 Å². The highest BCUT2D eigenvalue weighted by molar-refractivity contribution is 9.10. The summed E-state index contributed by atoms with van der Waals surface area (Å²) >= 11 is 3.23. The minimum absolute atomic E-state index is 0.0367. The molecule has 19 heavy (non-hydrogen) atoms. The molecule has 1 fully saturated rings. The first-order chi connectivity index (χ1) is 8.99. The molecule has 0 bridgehead atoms. The fraction of sp³-hybridized carbons (Fsp3) is 0.500. The number of benzene rings is 1. The summed E-state index contributed by atoms with van der Waals surface area (Å²) in [6.45, 7) is 0.874. The molecular formula is C12H15BrFNO3S. The van der Waals surface area contributed by atoms with Crippen molar-refractivity contribution in [2.75, 3.05) is 13.2 Å². The van der Waals surface area contributed by atoms with Crippen molar-refractivity contribution in [2.24, 2.45) is 0 Å². The Balaban J connectivity index is 2.02. The van der Waals surface area contributed by atoms with Crippen LogP contribution < -0.4 is 4.72 Å². The molecule has 4 nitrogen and oxygen atoms in total. The third kappa shape index (κ3) is 3.98. The molecule has 1 aromatic carbocycles. The Bertz CT molecular complexity index is 544. The van der Waals surface area contributed by atoms with Crippen LogP contribution in [0.4, 0.5) is 4.39 Å². The molecular weight excluding hydrogens is 337 g/mol. The summed E-state index contributed by atoms with van der Waals surface area (Å²) < 4.78 is 45.9. The molecule has 0 radical (unpaired) electrons. The molecule has 0 atom stereocenters. The molecule has 0 aliphatic carbocycles. The molecule has 0 saturated carbocycles. The lowest BCUT2D eigenvalue weighted by molar-refractivity contribution is 0.0981. The maximum atomic E-state index is 13.5. The second kappa shape index (κ2) is 6.30. The van der Waals surface area contributed by atoms with Crippen LogP contribution in [-0.2, 0) is 21.3 Å². The quantitative estimate of drug-likeness (QED) is 0.904. The zero-order valence-corrected chi connectivity index (χ0v) is 12.6. The first-order valence-electron chi connectivity index (χ1n) is 5.99. The first kappa shape index (κ1) is 14.9. The number of rotatable bonds is 4. The van der Waals surface area contributed by atoms with Crippen LogP contribution in [0.15, 0.2) is 22.7 Å². The summed E-state index contributed by atoms with van der Waals surface area (Å²) in [6, 6.07) is 4.45. The van der Waals surface area contributed by atoms with Crippen molar-refractivity contribution >= 4 is 26.0 Å². The summed E-state index contributed by atoms with van der Waals surface area (Å²) in [5.74, 6) is -0.419. The monoisotopic (exact) mass is 351 g/mol. The van der Waals surface area contributed by atoms with Crippen molar-refractivity contribution in [2.45, 2.75) is 24.6 Å². The summed E-state index contributed by atoms with van der Waals surface area (Å²) in [5.41, 5.74) is 0.324. The molecule has 106 valence electrons. The number of halogens is 2. The average molecular weight is 352 g/mol. The fourth-order valence-corrected chi connectivity index (χ4v) is 3.78. The fourth-order valence-electron chi connectivity index (χ4n) is 1.96. The molecule has 7 heteroatoms. The Labute approximate surface area is 120 Å². The Hall–Kier alpha value is -0.500. The largest absolute Gasteiger partial charge is 0.381 e. The van der Waals surface area contributed by atoms with Crippen molar-refractivity contribution in [1.29, 1.82) is 0 Å². The minimum Gasteiger partial charge on any atom is -0.381 e. The van der Waals surface area contributed by atoms with Gasteiger partial charge in [-0.1, -0.05) is 15.9 Å². The Morgan fingerprint density at radius 2 is 2.05 bits per heavy atom. The van der Waals surface area contributed by atoms with Gasteiger partial charge in [0, 0.05) is 29.8 Å². The first-order valence-corrected chi connectivity index (χ1v) is 8.33. The van der Waals surface area contributed by atoms with Crippen LogP contribution in [0.3, 0.4) is 0 Å². The van der Waals surface area contributed by atoms with Crippen LogP contribution in [0.2, 0.25) is 0 Å². The Kier molecular flexibility index (Phi) is 4.94. The van der Waals surface area contributed by atoms with Crippen molar-refractivity contribution in [3.8, 4) is 0 Å². The normalized spacial score (nSPS) is 17.6. The van der Waals surface area contributed by atoms with E-state index in [1.54, 1.807) is 12.1 Å². The van der Waals surface area contributed by atoms with Gasteiger partial charge in [-0.2, -0.15) is 0 Å². The number of sulfonamides is 1. The van der Waals surface area contributed by atoms with E-state index in [-0.39, 0.29) is 6.54 Å². The highest BCUT2D eigenvalue weighted by atomic mass is 79.9. The van der Waals surface area contributed by atoms with Gasteiger partial charge in [0.1, 0.15) is 5.82 Å². The van der Waals surface area contributed by atoms with Crippen LogP contribution in [0, 0.1) is 5.82 Å². The highest BCUT2D eigenvalue weighted by Gasteiger charge is 2.27. The van der Waals surface area contributed by atoms with E-state index in [1.165, 1.54) is 6.07 Å². The van der Waals surface area contributed by atoms with Gasteiger partial charge in [0.15, 0.2) is 0 Å². The Morgan fingerprint density at radius 3 is 2.74 bits per heavy atom. The molecule has 1 heterocycles. The standard InChI is InChI=1S/C12H15BrFNO3S/c13-10-1-2-12(14)9(7-10)8-15-19(16,17)11-3-5-18-6-4-11/h1-2,7,11,15H,3-6,8H2. The van der Waals surface area contributed by atoms with Gasteiger partial charge in [0.25, 0.3) is 0 Å². The van der Waals surface area contributed by atoms with Gasteiger partial charge in [-0.05, 0) is 31.0 Å². The zero-order valence-electron chi connectivity index (χ0n) is 10.2. The van der Waals surface area contributed by atoms with Crippen LogP contribution in [0.1, 0.15) is 18.4 Å². The lowest BCUT2D eigenvalue weighted by Gasteiger charge is -2.22. The lowest BCUT2D eigenvalue weighted by atomic mass is 10.2. The molecule has 2 rings (SSSR count). The predicted molar refractivity (Wildman–Crippen MR) is 73.7 cm³/mol. The number of nitrogens with one attached hydrogen (secondary N) is 1. The van der Waals surface area contributed by atoms with Gasteiger partial charge >= 0.3 is 0 Å². The summed E-state index contributed by atoms with van der Waals surface area (Å²) in [5, 5.41) is -0.448. The summed E-state index contributed by atoms with van der Waals surface area (Å²) in [4.78, 5) is 0. The second-order valence-electron chi connectivity index (χ2n) is 4.41. The van der Waals surface area contributed by atoms with E-state index in [0.717, 1.165) is 0 Å². The molecule has 1 aliphatic rings. The van der Waals surface area contributed by atoms with Gasteiger partial charge < -0.3 is 4.74 Å². The lowest BCUT2D eigenvalue weighted by Crippen LogP contribution is -2.37.